The molecule has 1 aromatic carbocycles. The zero-order valence-electron chi connectivity index (χ0n) is 14.3. The van der Waals surface area contributed by atoms with Gasteiger partial charge in [0.05, 0.1) is 11.7 Å². The van der Waals surface area contributed by atoms with Gasteiger partial charge < -0.3 is 15.3 Å². The summed E-state index contributed by atoms with van der Waals surface area (Å²) in [5.74, 6) is -0.502. The van der Waals surface area contributed by atoms with E-state index >= 15 is 0 Å². The first-order chi connectivity index (χ1) is 12.1. The average molecular weight is 347 g/mol. The van der Waals surface area contributed by atoms with Crippen molar-refractivity contribution in [1.29, 1.82) is 0 Å². The minimum absolute atomic E-state index is 0.301. The summed E-state index contributed by atoms with van der Waals surface area (Å²) >= 11 is 0. The lowest BCUT2D eigenvalue weighted by Gasteiger charge is -2.22. The van der Waals surface area contributed by atoms with Crippen molar-refractivity contribution < 1.29 is 13.9 Å². The third-order valence-electron chi connectivity index (χ3n) is 4.64. The Labute approximate surface area is 146 Å². The molecule has 6 heteroatoms. The van der Waals surface area contributed by atoms with Crippen LogP contribution in [0, 0.1) is 11.6 Å². The molecule has 0 bridgehead atoms. The highest BCUT2D eigenvalue weighted by Gasteiger charge is 2.23. The number of nitrogens with zero attached hydrogens (tertiary/aromatic N) is 2. The third-order valence-corrected chi connectivity index (χ3v) is 4.64. The van der Waals surface area contributed by atoms with Gasteiger partial charge in [-0.2, -0.15) is 0 Å². The lowest BCUT2D eigenvalue weighted by molar-refractivity contribution is 0.127. The van der Waals surface area contributed by atoms with Gasteiger partial charge in [0, 0.05) is 31.9 Å². The number of pyridine rings is 1. The van der Waals surface area contributed by atoms with E-state index in [4.69, 9.17) is 0 Å². The quantitative estimate of drug-likeness (QED) is 0.843. The van der Waals surface area contributed by atoms with E-state index in [0.717, 1.165) is 36.6 Å². The van der Waals surface area contributed by atoms with E-state index in [1.54, 1.807) is 13.1 Å². The van der Waals surface area contributed by atoms with Crippen LogP contribution < -0.4 is 10.2 Å². The summed E-state index contributed by atoms with van der Waals surface area (Å²) in [6.07, 6.45) is 2.93. The van der Waals surface area contributed by atoms with E-state index in [2.05, 4.69) is 15.2 Å². The van der Waals surface area contributed by atoms with Crippen molar-refractivity contribution in [2.24, 2.45) is 0 Å². The van der Waals surface area contributed by atoms with Gasteiger partial charge in [-0.05, 0) is 43.5 Å². The molecule has 0 saturated carbocycles. The van der Waals surface area contributed by atoms with Crippen molar-refractivity contribution in [2.75, 3.05) is 18.0 Å². The number of aliphatic hydroxyl groups is 1. The van der Waals surface area contributed by atoms with Gasteiger partial charge in [0.2, 0.25) is 0 Å². The van der Waals surface area contributed by atoms with Gasteiger partial charge in [0.1, 0.15) is 17.5 Å². The molecule has 2 N–H and O–H groups in total. The summed E-state index contributed by atoms with van der Waals surface area (Å²) in [7, 11) is 0. The fourth-order valence-electron chi connectivity index (χ4n) is 3.09. The van der Waals surface area contributed by atoms with Crippen molar-refractivity contribution in [3.63, 3.8) is 0 Å². The molecule has 25 heavy (non-hydrogen) atoms. The highest BCUT2D eigenvalue weighted by Crippen LogP contribution is 2.23. The normalized spacial score (nSPS) is 16.9. The summed E-state index contributed by atoms with van der Waals surface area (Å²) in [6, 6.07) is 7.04. The Bertz CT molecular complexity index is 682. The van der Waals surface area contributed by atoms with E-state index < -0.39 is 23.8 Å². The number of aromatic nitrogens is 1. The van der Waals surface area contributed by atoms with Crippen LogP contribution in [0.15, 0.2) is 36.5 Å². The van der Waals surface area contributed by atoms with Crippen LogP contribution in [0.25, 0.3) is 0 Å². The Kier molecular flexibility index (Phi) is 5.60. The molecule has 1 saturated heterocycles. The van der Waals surface area contributed by atoms with Crippen LogP contribution in [-0.2, 0) is 6.54 Å². The van der Waals surface area contributed by atoms with Crippen LogP contribution in [0.5, 0.6) is 0 Å². The summed E-state index contributed by atoms with van der Waals surface area (Å²) in [6.45, 7) is 4.24. The second-order valence-corrected chi connectivity index (χ2v) is 6.47. The summed E-state index contributed by atoms with van der Waals surface area (Å²) < 4.78 is 27.5. The standard InChI is InChI=1S/C19H23F2N3O/c1-13(19(25)18-15(20)5-4-6-16(18)21)22-11-14-7-8-17(23-12-14)24-9-2-3-10-24/h4-8,12-13,19,22,25H,2-3,9-11H2,1H3/t13-,19-/m1/s1. The van der Waals surface area contributed by atoms with Gasteiger partial charge in [0.15, 0.2) is 0 Å². The van der Waals surface area contributed by atoms with Crippen LogP contribution in [0.1, 0.15) is 37.0 Å². The van der Waals surface area contributed by atoms with Crippen molar-refractivity contribution in [3.05, 3.63) is 59.3 Å². The molecule has 2 aromatic rings. The molecule has 0 amide bonds. The SMILES string of the molecule is C[C@@H](NCc1ccc(N2CCCC2)nc1)[C@@H](O)c1c(F)cccc1F. The van der Waals surface area contributed by atoms with Gasteiger partial charge in [0.25, 0.3) is 0 Å². The summed E-state index contributed by atoms with van der Waals surface area (Å²) in [5.41, 5.74) is 0.654. The molecular weight excluding hydrogens is 324 g/mol. The van der Waals surface area contributed by atoms with Crippen LogP contribution in [0.2, 0.25) is 0 Å². The number of halogens is 2. The average Bonchev–Trinajstić information content (AvgIpc) is 3.14. The molecule has 0 spiro atoms. The van der Waals surface area contributed by atoms with Crippen molar-refractivity contribution in [1.82, 2.24) is 10.3 Å². The molecule has 2 atom stereocenters. The summed E-state index contributed by atoms with van der Waals surface area (Å²) in [5, 5.41) is 13.4. The van der Waals surface area contributed by atoms with Gasteiger partial charge in [-0.25, -0.2) is 13.8 Å². The van der Waals surface area contributed by atoms with Gasteiger partial charge in [-0.3, -0.25) is 0 Å². The molecular formula is C19H23F2N3O. The van der Waals surface area contributed by atoms with Crippen LogP contribution in [0.4, 0.5) is 14.6 Å². The smallest absolute Gasteiger partial charge is 0.132 e. The first-order valence-corrected chi connectivity index (χ1v) is 8.61. The number of hydrogen-bond donors (Lipinski definition) is 2. The maximum Gasteiger partial charge on any atom is 0.132 e. The highest BCUT2D eigenvalue weighted by atomic mass is 19.1. The van der Waals surface area contributed by atoms with E-state index in [-0.39, 0.29) is 5.56 Å². The number of aliphatic hydroxyl groups excluding tert-OH is 1. The molecule has 4 nitrogen and oxygen atoms in total. The first-order valence-electron chi connectivity index (χ1n) is 8.61. The predicted octanol–water partition coefficient (Wildman–Crippen LogP) is 3.17. The fraction of sp³-hybridized carbons (Fsp3) is 0.421. The second kappa shape index (κ2) is 7.89. The molecule has 2 heterocycles. The largest absolute Gasteiger partial charge is 0.387 e. The highest BCUT2D eigenvalue weighted by molar-refractivity contribution is 5.40. The molecule has 0 unspecified atom stereocenters. The van der Waals surface area contributed by atoms with Crippen LogP contribution >= 0.6 is 0 Å². The lowest BCUT2D eigenvalue weighted by atomic mass is 10.0. The molecule has 1 aliphatic heterocycles. The fourth-order valence-corrected chi connectivity index (χ4v) is 3.09. The number of nitrogens with one attached hydrogen (secondary N) is 1. The maximum absolute atomic E-state index is 13.8. The number of hydrogen-bond acceptors (Lipinski definition) is 4. The van der Waals surface area contributed by atoms with Crippen molar-refractivity contribution >= 4 is 5.82 Å². The van der Waals surface area contributed by atoms with Crippen LogP contribution in [-0.4, -0.2) is 29.2 Å². The minimum Gasteiger partial charge on any atom is -0.387 e. The molecule has 0 aliphatic carbocycles. The monoisotopic (exact) mass is 347 g/mol. The Morgan fingerprint density at radius 2 is 1.84 bits per heavy atom. The van der Waals surface area contributed by atoms with Crippen molar-refractivity contribution in [3.8, 4) is 0 Å². The Morgan fingerprint density at radius 1 is 1.16 bits per heavy atom. The molecule has 1 aromatic heterocycles. The maximum atomic E-state index is 13.8. The molecule has 1 fully saturated rings. The van der Waals surface area contributed by atoms with Gasteiger partial charge in [-0.15, -0.1) is 0 Å². The minimum atomic E-state index is -1.27. The first kappa shape index (κ1) is 17.8. The van der Waals surface area contributed by atoms with E-state index in [0.29, 0.717) is 6.54 Å². The Hall–Kier alpha value is -2.05. The molecule has 134 valence electrons. The number of rotatable bonds is 6. The van der Waals surface area contributed by atoms with Gasteiger partial charge in [-0.1, -0.05) is 12.1 Å². The number of anilines is 1. The zero-order valence-corrected chi connectivity index (χ0v) is 14.3. The summed E-state index contributed by atoms with van der Waals surface area (Å²) in [4.78, 5) is 6.73. The van der Waals surface area contributed by atoms with Gasteiger partial charge >= 0.3 is 0 Å². The predicted molar refractivity (Wildman–Crippen MR) is 93.3 cm³/mol. The van der Waals surface area contributed by atoms with E-state index in [9.17, 15) is 13.9 Å². The Balaban J connectivity index is 1.59. The second-order valence-electron chi connectivity index (χ2n) is 6.47. The topological polar surface area (TPSA) is 48.4 Å². The zero-order chi connectivity index (χ0) is 17.8. The van der Waals surface area contributed by atoms with Crippen LogP contribution in [0.3, 0.4) is 0 Å². The Morgan fingerprint density at radius 3 is 2.44 bits per heavy atom. The van der Waals surface area contributed by atoms with Crippen molar-refractivity contribution in [2.45, 2.75) is 38.5 Å². The molecule has 3 rings (SSSR count). The lowest BCUT2D eigenvalue weighted by Crippen LogP contribution is -2.32. The van der Waals surface area contributed by atoms with E-state index in [1.165, 1.54) is 18.9 Å². The molecule has 0 radical (unpaired) electrons. The molecule has 1 aliphatic rings. The van der Waals surface area contributed by atoms with E-state index in [1.807, 2.05) is 12.1 Å². The third kappa shape index (κ3) is 4.14. The number of benzene rings is 1.